The molecule has 0 amide bonds. The Balaban J connectivity index is 2.02. The number of hydrogen-bond donors (Lipinski definition) is 0. The molecule has 0 spiro atoms. The molecule has 0 unspecified atom stereocenters. The van der Waals surface area contributed by atoms with E-state index in [0.29, 0.717) is 22.1 Å². The van der Waals surface area contributed by atoms with Crippen LogP contribution in [0.4, 0.5) is 13.2 Å². The Morgan fingerprint density at radius 2 is 1.70 bits per heavy atom. The largest absolute Gasteiger partial charge is 0.416 e. The van der Waals surface area contributed by atoms with Crippen molar-refractivity contribution in [2.45, 2.75) is 6.18 Å². The zero-order valence-electron chi connectivity index (χ0n) is 9.89. The molecule has 102 valence electrons. The molecule has 0 fully saturated rings. The third kappa shape index (κ3) is 2.34. The van der Waals surface area contributed by atoms with Crippen LogP contribution in [0.15, 0.2) is 42.6 Å². The third-order valence-corrected chi connectivity index (χ3v) is 2.99. The van der Waals surface area contributed by atoms with Crippen LogP contribution in [0.3, 0.4) is 0 Å². The number of pyridine rings is 1. The number of halogens is 4. The maximum absolute atomic E-state index is 12.5. The summed E-state index contributed by atoms with van der Waals surface area (Å²) in [5.41, 5.74) is 0.384. The normalized spacial score (nSPS) is 12.0. The van der Waals surface area contributed by atoms with Gasteiger partial charge in [-0.15, -0.1) is 5.10 Å². The van der Waals surface area contributed by atoms with Crippen molar-refractivity contribution in [3.8, 4) is 11.4 Å². The van der Waals surface area contributed by atoms with Crippen molar-refractivity contribution in [2.24, 2.45) is 0 Å². The van der Waals surface area contributed by atoms with Crippen LogP contribution in [0.1, 0.15) is 5.56 Å². The van der Waals surface area contributed by atoms with Crippen molar-refractivity contribution in [1.82, 2.24) is 14.6 Å². The molecule has 3 aromatic rings. The quantitative estimate of drug-likeness (QED) is 0.678. The Morgan fingerprint density at radius 1 is 1.00 bits per heavy atom. The van der Waals surface area contributed by atoms with E-state index in [1.54, 1.807) is 18.3 Å². The molecule has 7 heteroatoms. The van der Waals surface area contributed by atoms with Gasteiger partial charge in [-0.25, -0.2) is 9.50 Å². The molecule has 0 saturated carbocycles. The van der Waals surface area contributed by atoms with Crippen LogP contribution in [0.25, 0.3) is 17.0 Å². The first-order chi connectivity index (χ1) is 9.43. The predicted octanol–water partition coefficient (Wildman–Crippen LogP) is 4.07. The summed E-state index contributed by atoms with van der Waals surface area (Å²) >= 11 is 5.83. The summed E-state index contributed by atoms with van der Waals surface area (Å²) in [6.45, 7) is 0. The van der Waals surface area contributed by atoms with Crippen LogP contribution in [-0.2, 0) is 6.18 Å². The Hall–Kier alpha value is -2.08. The van der Waals surface area contributed by atoms with Crippen molar-refractivity contribution >= 4 is 17.2 Å². The van der Waals surface area contributed by atoms with Gasteiger partial charge in [0.25, 0.3) is 0 Å². The van der Waals surface area contributed by atoms with Crippen LogP contribution in [0, 0.1) is 0 Å². The van der Waals surface area contributed by atoms with Gasteiger partial charge in [0, 0.05) is 11.8 Å². The first-order valence-electron chi connectivity index (χ1n) is 5.63. The number of benzene rings is 1. The van der Waals surface area contributed by atoms with Gasteiger partial charge in [0.15, 0.2) is 11.5 Å². The Kier molecular flexibility index (Phi) is 2.90. The van der Waals surface area contributed by atoms with Crippen LogP contribution >= 0.6 is 11.6 Å². The molecule has 0 radical (unpaired) electrons. The minimum Gasteiger partial charge on any atom is -0.219 e. The number of rotatable bonds is 1. The van der Waals surface area contributed by atoms with Gasteiger partial charge in [0.1, 0.15) is 0 Å². The van der Waals surface area contributed by atoms with Crippen molar-refractivity contribution in [1.29, 1.82) is 0 Å². The molecule has 3 rings (SSSR count). The van der Waals surface area contributed by atoms with Gasteiger partial charge < -0.3 is 0 Å². The van der Waals surface area contributed by atoms with E-state index in [-0.39, 0.29) is 0 Å². The highest BCUT2D eigenvalue weighted by Gasteiger charge is 2.30. The molecule has 0 aliphatic heterocycles. The van der Waals surface area contributed by atoms with E-state index in [0.717, 1.165) is 12.1 Å². The summed E-state index contributed by atoms with van der Waals surface area (Å²) in [6, 6.07) is 8.06. The van der Waals surface area contributed by atoms with Gasteiger partial charge in [-0.3, -0.25) is 0 Å². The van der Waals surface area contributed by atoms with Gasteiger partial charge in [-0.05, 0) is 24.3 Å². The van der Waals surface area contributed by atoms with Gasteiger partial charge in [-0.1, -0.05) is 23.7 Å². The fraction of sp³-hybridized carbons (Fsp3) is 0.0769. The number of hydrogen-bond acceptors (Lipinski definition) is 2. The maximum Gasteiger partial charge on any atom is 0.416 e. The second-order valence-corrected chi connectivity index (χ2v) is 4.60. The summed E-state index contributed by atoms with van der Waals surface area (Å²) in [7, 11) is 0. The lowest BCUT2D eigenvalue weighted by Gasteiger charge is -2.05. The van der Waals surface area contributed by atoms with Gasteiger partial charge in [0.05, 0.1) is 10.6 Å². The van der Waals surface area contributed by atoms with E-state index < -0.39 is 11.7 Å². The summed E-state index contributed by atoms with van der Waals surface area (Å²) in [4.78, 5) is 4.23. The van der Waals surface area contributed by atoms with Crippen LogP contribution in [0.5, 0.6) is 0 Å². The monoisotopic (exact) mass is 297 g/mol. The molecule has 0 bridgehead atoms. The molecule has 0 saturated heterocycles. The van der Waals surface area contributed by atoms with E-state index in [1.165, 1.54) is 16.6 Å². The molecule has 0 aliphatic carbocycles. The SMILES string of the molecule is FC(F)(F)c1ccc(-c2nc3ccc(Cl)cn3n2)cc1. The van der Waals surface area contributed by atoms with Crippen molar-refractivity contribution in [2.75, 3.05) is 0 Å². The predicted molar refractivity (Wildman–Crippen MR) is 68.4 cm³/mol. The summed E-state index contributed by atoms with van der Waals surface area (Å²) in [5.74, 6) is 0.348. The maximum atomic E-state index is 12.5. The minimum absolute atomic E-state index is 0.348. The van der Waals surface area contributed by atoms with E-state index >= 15 is 0 Å². The van der Waals surface area contributed by atoms with E-state index in [2.05, 4.69) is 10.1 Å². The minimum atomic E-state index is -4.35. The second kappa shape index (κ2) is 4.49. The fourth-order valence-electron chi connectivity index (χ4n) is 1.79. The molecule has 2 heterocycles. The molecule has 0 aliphatic rings. The number of alkyl halides is 3. The Labute approximate surface area is 116 Å². The molecular weight excluding hydrogens is 291 g/mol. The summed E-state index contributed by atoms with van der Waals surface area (Å²) in [6.07, 6.45) is -2.77. The number of aromatic nitrogens is 3. The lowest BCUT2D eigenvalue weighted by molar-refractivity contribution is -0.137. The highest BCUT2D eigenvalue weighted by molar-refractivity contribution is 6.30. The zero-order valence-corrected chi connectivity index (χ0v) is 10.7. The fourth-order valence-corrected chi connectivity index (χ4v) is 1.94. The molecule has 0 atom stereocenters. The van der Waals surface area contributed by atoms with Crippen LogP contribution in [0.2, 0.25) is 5.02 Å². The van der Waals surface area contributed by atoms with Gasteiger partial charge in [0.2, 0.25) is 0 Å². The number of fused-ring (bicyclic) bond motifs is 1. The van der Waals surface area contributed by atoms with Gasteiger partial charge in [-0.2, -0.15) is 13.2 Å². The first-order valence-corrected chi connectivity index (χ1v) is 6.01. The third-order valence-electron chi connectivity index (χ3n) is 2.77. The smallest absolute Gasteiger partial charge is 0.219 e. The highest BCUT2D eigenvalue weighted by Crippen LogP contribution is 2.30. The summed E-state index contributed by atoms with van der Waals surface area (Å²) < 4.78 is 38.9. The van der Waals surface area contributed by atoms with E-state index in [9.17, 15) is 13.2 Å². The highest BCUT2D eigenvalue weighted by atomic mass is 35.5. The first kappa shape index (κ1) is 12.9. The molecule has 20 heavy (non-hydrogen) atoms. The van der Waals surface area contributed by atoms with Gasteiger partial charge >= 0.3 is 6.18 Å². The average Bonchev–Trinajstić information content (AvgIpc) is 2.80. The lowest BCUT2D eigenvalue weighted by atomic mass is 10.1. The molecule has 2 aromatic heterocycles. The van der Waals surface area contributed by atoms with Crippen molar-refractivity contribution in [3.63, 3.8) is 0 Å². The Bertz CT molecular complexity index is 763. The van der Waals surface area contributed by atoms with E-state index in [1.807, 2.05) is 0 Å². The van der Waals surface area contributed by atoms with Crippen molar-refractivity contribution < 1.29 is 13.2 Å². The molecule has 0 N–H and O–H groups in total. The lowest BCUT2D eigenvalue weighted by Crippen LogP contribution is -2.04. The average molecular weight is 298 g/mol. The topological polar surface area (TPSA) is 30.2 Å². The molecular formula is C13H7ClF3N3. The second-order valence-electron chi connectivity index (χ2n) is 4.16. The standard InChI is InChI=1S/C13H7ClF3N3/c14-10-5-6-11-18-12(19-20(11)7-10)8-1-3-9(4-2-8)13(15,16)17/h1-7H. The Morgan fingerprint density at radius 3 is 2.35 bits per heavy atom. The van der Waals surface area contributed by atoms with Crippen LogP contribution in [-0.4, -0.2) is 14.6 Å². The molecule has 1 aromatic carbocycles. The van der Waals surface area contributed by atoms with E-state index in [4.69, 9.17) is 11.6 Å². The van der Waals surface area contributed by atoms with Crippen LogP contribution < -0.4 is 0 Å². The molecule has 3 nitrogen and oxygen atoms in total. The van der Waals surface area contributed by atoms with Crippen molar-refractivity contribution in [3.05, 3.63) is 53.2 Å². The summed E-state index contributed by atoms with van der Waals surface area (Å²) in [5, 5.41) is 4.68. The number of nitrogens with zero attached hydrogens (tertiary/aromatic N) is 3. The zero-order chi connectivity index (χ0) is 14.3.